The van der Waals surface area contributed by atoms with Gasteiger partial charge >= 0.3 is 0 Å². The third kappa shape index (κ3) is 1.82. The average Bonchev–Trinajstić information content (AvgIpc) is 2.26. The number of ether oxygens (including phenoxy) is 2. The lowest BCUT2D eigenvalue weighted by molar-refractivity contribution is 0.272. The lowest BCUT2D eigenvalue weighted by Crippen LogP contribution is -1.99. The van der Waals surface area contributed by atoms with Gasteiger partial charge in [-0.15, -0.1) is 0 Å². The van der Waals surface area contributed by atoms with E-state index in [1.165, 1.54) is 0 Å². The third-order valence-corrected chi connectivity index (χ3v) is 2.25. The Morgan fingerprint density at radius 2 is 1.93 bits per heavy atom. The van der Waals surface area contributed by atoms with Gasteiger partial charge in [0.05, 0.1) is 20.8 Å². The van der Waals surface area contributed by atoms with Gasteiger partial charge in [-0.05, 0) is 18.6 Å². The van der Waals surface area contributed by atoms with E-state index in [2.05, 4.69) is 0 Å². The number of rotatable bonds is 4. The van der Waals surface area contributed by atoms with Crippen molar-refractivity contribution in [1.82, 2.24) is 0 Å². The molecule has 0 saturated carbocycles. The highest BCUT2D eigenvalue weighted by Gasteiger charge is 2.12. The SMILES string of the molecule is CCc1c(OC)ccc(CO)c1OC. The summed E-state index contributed by atoms with van der Waals surface area (Å²) in [4.78, 5) is 0. The van der Waals surface area contributed by atoms with Crippen molar-refractivity contribution in [3.05, 3.63) is 23.3 Å². The second kappa shape index (κ2) is 4.86. The first-order chi connectivity index (χ1) is 6.78. The number of aliphatic hydroxyl groups excluding tert-OH is 1. The zero-order valence-corrected chi connectivity index (χ0v) is 8.83. The Hall–Kier alpha value is -1.22. The van der Waals surface area contributed by atoms with E-state index in [0.717, 1.165) is 29.0 Å². The van der Waals surface area contributed by atoms with Crippen LogP contribution in [0.15, 0.2) is 12.1 Å². The molecule has 0 aliphatic heterocycles. The maximum Gasteiger partial charge on any atom is 0.131 e. The van der Waals surface area contributed by atoms with Crippen LogP contribution in [0.1, 0.15) is 18.1 Å². The van der Waals surface area contributed by atoms with Crippen LogP contribution in [0.2, 0.25) is 0 Å². The van der Waals surface area contributed by atoms with Gasteiger partial charge in [-0.3, -0.25) is 0 Å². The number of methoxy groups -OCH3 is 2. The van der Waals surface area contributed by atoms with E-state index in [1.54, 1.807) is 14.2 Å². The summed E-state index contributed by atoms with van der Waals surface area (Å²) in [5.41, 5.74) is 1.80. The molecule has 0 aliphatic rings. The van der Waals surface area contributed by atoms with Crippen molar-refractivity contribution < 1.29 is 14.6 Å². The Kier molecular flexibility index (Phi) is 3.77. The van der Waals surface area contributed by atoms with Crippen LogP contribution in [0.3, 0.4) is 0 Å². The summed E-state index contributed by atoms with van der Waals surface area (Å²) in [5.74, 6) is 1.54. The first-order valence-corrected chi connectivity index (χ1v) is 4.62. The minimum absolute atomic E-state index is 0.0137. The van der Waals surface area contributed by atoms with Gasteiger partial charge < -0.3 is 14.6 Å². The molecular weight excluding hydrogens is 180 g/mol. The highest BCUT2D eigenvalue weighted by Crippen LogP contribution is 2.32. The minimum atomic E-state index is -0.0137. The molecule has 78 valence electrons. The number of hydrogen-bond donors (Lipinski definition) is 1. The van der Waals surface area contributed by atoms with Crippen LogP contribution in [0.25, 0.3) is 0 Å². The lowest BCUT2D eigenvalue weighted by atomic mass is 10.1. The van der Waals surface area contributed by atoms with E-state index in [9.17, 15) is 0 Å². The molecule has 3 heteroatoms. The van der Waals surface area contributed by atoms with Crippen LogP contribution in [-0.2, 0) is 13.0 Å². The summed E-state index contributed by atoms with van der Waals surface area (Å²) in [6.07, 6.45) is 0.820. The molecule has 0 spiro atoms. The molecule has 0 atom stereocenters. The van der Waals surface area contributed by atoms with Gasteiger partial charge in [0.25, 0.3) is 0 Å². The molecule has 0 bridgehead atoms. The third-order valence-electron chi connectivity index (χ3n) is 2.25. The Morgan fingerprint density at radius 1 is 1.21 bits per heavy atom. The van der Waals surface area contributed by atoms with Crippen LogP contribution in [0.5, 0.6) is 11.5 Å². The van der Waals surface area contributed by atoms with Crippen molar-refractivity contribution in [3.8, 4) is 11.5 Å². The van der Waals surface area contributed by atoms with Gasteiger partial charge in [0.15, 0.2) is 0 Å². The van der Waals surface area contributed by atoms with Crippen molar-refractivity contribution >= 4 is 0 Å². The molecular formula is C11H16O3. The molecule has 1 rings (SSSR count). The molecule has 0 fully saturated rings. The fourth-order valence-electron chi connectivity index (χ4n) is 1.56. The molecule has 0 unspecified atom stereocenters. The fourth-order valence-corrected chi connectivity index (χ4v) is 1.56. The van der Waals surface area contributed by atoms with Crippen LogP contribution < -0.4 is 9.47 Å². The molecule has 0 aliphatic carbocycles. The van der Waals surface area contributed by atoms with Crippen LogP contribution >= 0.6 is 0 Å². The zero-order chi connectivity index (χ0) is 10.6. The molecule has 0 radical (unpaired) electrons. The number of benzene rings is 1. The summed E-state index contributed by atoms with van der Waals surface area (Å²) in [6.45, 7) is 2.02. The highest BCUT2D eigenvalue weighted by atomic mass is 16.5. The predicted molar refractivity (Wildman–Crippen MR) is 54.8 cm³/mol. The molecule has 0 saturated heterocycles. The fraction of sp³-hybridized carbons (Fsp3) is 0.455. The summed E-state index contributed by atoms with van der Waals surface area (Å²) in [6, 6.07) is 3.67. The van der Waals surface area contributed by atoms with Crippen LogP contribution in [0.4, 0.5) is 0 Å². The standard InChI is InChI=1S/C11H16O3/c1-4-9-10(13-2)6-5-8(7-12)11(9)14-3/h5-6,12H,4,7H2,1-3H3. The Labute approximate surface area is 84.3 Å². The van der Waals surface area contributed by atoms with E-state index >= 15 is 0 Å². The Balaban J connectivity index is 3.28. The quantitative estimate of drug-likeness (QED) is 0.797. The van der Waals surface area contributed by atoms with Gasteiger partial charge in [0, 0.05) is 11.1 Å². The van der Waals surface area contributed by atoms with E-state index in [-0.39, 0.29) is 6.61 Å². The molecule has 0 amide bonds. The van der Waals surface area contributed by atoms with Crippen molar-refractivity contribution in [3.63, 3.8) is 0 Å². The van der Waals surface area contributed by atoms with Crippen LogP contribution in [0, 0.1) is 0 Å². The number of aliphatic hydroxyl groups is 1. The predicted octanol–water partition coefficient (Wildman–Crippen LogP) is 1.76. The van der Waals surface area contributed by atoms with Gasteiger partial charge in [0.1, 0.15) is 11.5 Å². The molecule has 1 aromatic rings. The van der Waals surface area contributed by atoms with E-state index in [1.807, 2.05) is 19.1 Å². The molecule has 0 aromatic heterocycles. The monoisotopic (exact) mass is 196 g/mol. The van der Waals surface area contributed by atoms with E-state index in [0.29, 0.717) is 0 Å². The van der Waals surface area contributed by atoms with Crippen molar-refractivity contribution in [2.24, 2.45) is 0 Å². The van der Waals surface area contributed by atoms with Crippen LogP contribution in [-0.4, -0.2) is 19.3 Å². The van der Waals surface area contributed by atoms with Crippen molar-refractivity contribution in [1.29, 1.82) is 0 Å². The Bertz CT molecular complexity index is 277. The topological polar surface area (TPSA) is 38.7 Å². The van der Waals surface area contributed by atoms with Gasteiger partial charge in [-0.2, -0.15) is 0 Å². The highest BCUT2D eigenvalue weighted by molar-refractivity contribution is 5.49. The summed E-state index contributed by atoms with van der Waals surface area (Å²) >= 11 is 0. The molecule has 3 nitrogen and oxygen atoms in total. The molecule has 1 N–H and O–H groups in total. The molecule has 0 heterocycles. The maximum atomic E-state index is 9.11. The molecule has 14 heavy (non-hydrogen) atoms. The Morgan fingerprint density at radius 3 is 2.36 bits per heavy atom. The first kappa shape index (κ1) is 10.9. The van der Waals surface area contributed by atoms with Crippen molar-refractivity contribution in [2.75, 3.05) is 14.2 Å². The largest absolute Gasteiger partial charge is 0.496 e. The normalized spacial score (nSPS) is 10.0. The van der Waals surface area contributed by atoms with Crippen molar-refractivity contribution in [2.45, 2.75) is 20.0 Å². The first-order valence-electron chi connectivity index (χ1n) is 4.62. The van der Waals surface area contributed by atoms with Gasteiger partial charge in [0.2, 0.25) is 0 Å². The summed E-state index contributed by atoms with van der Waals surface area (Å²) in [5, 5.41) is 9.11. The van der Waals surface area contributed by atoms with E-state index in [4.69, 9.17) is 14.6 Å². The second-order valence-corrected chi connectivity index (χ2v) is 2.95. The van der Waals surface area contributed by atoms with Gasteiger partial charge in [-0.1, -0.05) is 6.92 Å². The lowest BCUT2D eigenvalue weighted by Gasteiger charge is -2.14. The summed E-state index contributed by atoms with van der Waals surface area (Å²) < 4.78 is 10.5. The minimum Gasteiger partial charge on any atom is -0.496 e. The summed E-state index contributed by atoms with van der Waals surface area (Å²) in [7, 11) is 3.24. The smallest absolute Gasteiger partial charge is 0.131 e. The maximum absolute atomic E-state index is 9.11. The molecule has 1 aromatic carbocycles. The zero-order valence-electron chi connectivity index (χ0n) is 8.83. The van der Waals surface area contributed by atoms with Gasteiger partial charge in [-0.25, -0.2) is 0 Å². The average molecular weight is 196 g/mol. The van der Waals surface area contributed by atoms with E-state index < -0.39 is 0 Å². The second-order valence-electron chi connectivity index (χ2n) is 2.95. The number of hydrogen-bond acceptors (Lipinski definition) is 3.